The lowest BCUT2D eigenvalue weighted by Gasteiger charge is -2.22. The molecule has 0 spiro atoms. The number of hydrogen-bond acceptors (Lipinski definition) is 6. The number of hydrogen-bond donors (Lipinski definition) is 3. The number of aromatic nitrogens is 3. The zero-order chi connectivity index (χ0) is 39.1. The Morgan fingerprint density at radius 3 is 1.76 bits per heavy atom. The van der Waals surface area contributed by atoms with Crippen LogP contribution in [0.25, 0.3) is 0 Å². The summed E-state index contributed by atoms with van der Waals surface area (Å²) in [5.74, 6) is 0.159. The van der Waals surface area contributed by atoms with Crippen LogP contribution in [0.2, 0.25) is 0 Å². The standard InChI is InChI=1S/C22H44N2O2.C20H38N4O/c1-21(2,3)14-10-7-8-13-19(25)16-18(12-9-11-15-23)20(26)24-17-22(4,5)6;1-19(2,3)12-9-7-8-11-18(25)21-15-17-16-24(23-22-17)14-10-13-20(4,5)6/h18H,7-17,23H2,1-6H3,(H,24,26);16H,7-15H2,1-6H3,(H,21,25)/t18-;/m1./s1. The number of carbonyl (C=O) groups is 3. The van der Waals surface area contributed by atoms with E-state index in [9.17, 15) is 14.4 Å². The highest BCUT2D eigenvalue weighted by Crippen LogP contribution is 2.24. The molecule has 0 saturated carbocycles. The van der Waals surface area contributed by atoms with E-state index in [-0.39, 0.29) is 28.9 Å². The highest BCUT2D eigenvalue weighted by Gasteiger charge is 2.23. The average molecular weight is 719 g/mol. The Morgan fingerprint density at radius 2 is 1.24 bits per heavy atom. The number of Topliss-reactive ketones (excluding diaryl/α,β-unsaturated/α-hetero) is 1. The van der Waals surface area contributed by atoms with Gasteiger partial charge in [-0.2, -0.15) is 0 Å². The summed E-state index contributed by atoms with van der Waals surface area (Å²) in [4.78, 5) is 36.8. The average Bonchev–Trinajstić information content (AvgIpc) is 3.44. The van der Waals surface area contributed by atoms with E-state index in [1.54, 1.807) is 0 Å². The molecule has 0 radical (unpaired) electrons. The molecular formula is C42H82N6O3. The first-order chi connectivity index (χ1) is 23.5. The number of unbranched alkanes of at least 4 members (excludes halogenated alkanes) is 5. The van der Waals surface area contributed by atoms with Gasteiger partial charge < -0.3 is 16.4 Å². The zero-order valence-electron chi connectivity index (χ0n) is 35.4. The molecule has 0 saturated heterocycles. The predicted molar refractivity (Wildman–Crippen MR) is 214 cm³/mol. The van der Waals surface area contributed by atoms with Crippen molar-refractivity contribution in [3.63, 3.8) is 0 Å². The summed E-state index contributed by atoms with van der Waals surface area (Å²) in [6.07, 6.45) is 17.2. The van der Waals surface area contributed by atoms with E-state index in [4.69, 9.17) is 5.73 Å². The van der Waals surface area contributed by atoms with E-state index in [0.717, 1.165) is 70.0 Å². The Morgan fingerprint density at radius 1 is 0.686 bits per heavy atom. The van der Waals surface area contributed by atoms with Gasteiger partial charge in [0.25, 0.3) is 0 Å². The van der Waals surface area contributed by atoms with Crippen molar-refractivity contribution >= 4 is 17.6 Å². The number of nitrogens with one attached hydrogen (secondary N) is 2. The molecule has 1 aromatic heterocycles. The van der Waals surface area contributed by atoms with Gasteiger partial charge in [0.05, 0.1) is 12.7 Å². The molecule has 0 unspecified atom stereocenters. The molecule has 9 nitrogen and oxygen atoms in total. The quantitative estimate of drug-likeness (QED) is 0.0966. The second-order valence-corrected chi connectivity index (χ2v) is 19.7. The largest absolute Gasteiger partial charge is 0.355 e. The molecule has 9 heteroatoms. The molecular weight excluding hydrogens is 637 g/mol. The summed E-state index contributed by atoms with van der Waals surface area (Å²) in [5, 5.41) is 14.2. The molecule has 51 heavy (non-hydrogen) atoms. The molecule has 2 amide bonds. The minimum atomic E-state index is -0.203. The molecule has 298 valence electrons. The van der Waals surface area contributed by atoms with E-state index >= 15 is 0 Å². The van der Waals surface area contributed by atoms with Crippen molar-refractivity contribution < 1.29 is 14.4 Å². The number of rotatable bonds is 23. The molecule has 0 fully saturated rings. The van der Waals surface area contributed by atoms with Gasteiger partial charge in [-0.1, -0.05) is 120 Å². The molecule has 0 aliphatic heterocycles. The van der Waals surface area contributed by atoms with Crippen LogP contribution in [0.1, 0.15) is 192 Å². The predicted octanol–water partition coefficient (Wildman–Crippen LogP) is 9.57. The van der Waals surface area contributed by atoms with E-state index in [1.807, 2.05) is 10.9 Å². The Bertz CT molecular complexity index is 1090. The van der Waals surface area contributed by atoms with Crippen LogP contribution in [0, 0.1) is 27.6 Å². The Labute approximate surface area is 314 Å². The van der Waals surface area contributed by atoms with Crippen LogP contribution in [0.5, 0.6) is 0 Å². The minimum Gasteiger partial charge on any atom is -0.355 e. The maximum Gasteiger partial charge on any atom is 0.223 e. The Balaban J connectivity index is 0.000000981. The molecule has 4 N–H and O–H groups in total. The van der Waals surface area contributed by atoms with Crippen molar-refractivity contribution in [2.75, 3.05) is 13.1 Å². The summed E-state index contributed by atoms with van der Waals surface area (Å²) < 4.78 is 1.87. The van der Waals surface area contributed by atoms with Crippen LogP contribution in [0.15, 0.2) is 6.20 Å². The second kappa shape index (κ2) is 24.9. The van der Waals surface area contributed by atoms with Crippen molar-refractivity contribution in [1.29, 1.82) is 0 Å². The zero-order valence-corrected chi connectivity index (χ0v) is 35.4. The fourth-order valence-corrected chi connectivity index (χ4v) is 5.58. The minimum absolute atomic E-state index is 0.0260. The smallest absolute Gasteiger partial charge is 0.223 e. The summed E-state index contributed by atoms with van der Waals surface area (Å²) in [5.41, 5.74) is 7.55. The van der Waals surface area contributed by atoms with Crippen molar-refractivity contribution in [2.45, 2.75) is 199 Å². The third-order valence-electron chi connectivity index (χ3n) is 8.72. The molecule has 1 heterocycles. The maximum atomic E-state index is 12.5. The van der Waals surface area contributed by atoms with Gasteiger partial charge in [0.2, 0.25) is 11.8 Å². The molecule has 1 atom stereocenters. The molecule has 0 aromatic carbocycles. The lowest BCUT2D eigenvalue weighted by atomic mass is 9.89. The molecule has 1 aromatic rings. The van der Waals surface area contributed by atoms with Gasteiger partial charge in [-0.05, 0) is 79.6 Å². The van der Waals surface area contributed by atoms with Crippen molar-refractivity contribution in [2.24, 2.45) is 33.3 Å². The number of nitrogens with two attached hydrogens (primary N) is 1. The third-order valence-corrected chi connectivity index (χ3v) is 8.72. The summed E-state index contributed by atoms with van der Waals surface area (Å²) >= 11 is 0. The van der Waals surface area contributed by atoms with Gasteiger partial charge in [0.1, 0.15) is 11.5 Å². The van der Waals surface area contributed by atoms with Gasteiger partial charge >= 0.3 is 0 Å². The fraction of sp³-hybridized carbons (Fsp3) is 0.881. The second-order valence-electron chi connectivity index (χ2n) is 19.7. The number of carbonyl (C=O) groups excluding carboxylic acids is 3. The Kier molecular flexibility index (Phi) is 23.7. The van der Waals surface area contributed by atoms with Gasteiger partial charge in [-0.25, -0.2) is 0 Å². The van der Waals surface area contributed by atoms with Crippen LogP contribution in [0.4, 0.5) is 0 Å². The van der Waals surface area contributed by atoms with Crippen LogP contribution < -0.4 is 16.4 Å². The summed E-state index contributed by atoms with van der Waals surface area (Å²) in [6.45, 7) is 29.2. The third kappa shape index (κ3) is 32.1. The monoisotopic (exact) mass is 719 g/mol. The van der Waals surface area contributed by atoms with Crippen LogP contribution >= 0.6 is 0 Å². The first kappa shape index (κ1) is 48.7. The topological polar surface area (TPSA) is 132 Å². The normalized spacial score (nSPS) is 13.0. The van der Waals surface area contributed by atoms with Crippen molar-refractivity contribution in [3.05, 3.63) is 11.9 Å². The van der Waals surface area contributed by atoms with Crippen molar-refractivity contribution in [1.82, 2.24) is 25.6 Å². The van der Waals surface area contributed by atoms with Crippen LogP contribution in [0.3, 0.4) is 0 Å². The molecule has 0 aliphatic carbocycles. The van der Waals surface area contributed by atoms with Crippen molar-refractivity contribution in [3.8, 4) is 0 Å². The van der Waals surface area contributed by atoms with Crippen LogP contribution in [-0.2, 0) is 27.5 Å². The Hall–Kier alpha value is -2.29. The molecule has 0 aliphatic rings. The first-order valence-electron chi connectivity index (χ1n) is 20.1. The first-order valence-corrected chi connectivity index (χ1v) is 20.1. The highest BCUT2D eigenvalue weighted by atomic mass is 16.2. The number of nitrogens with zero attached hydrogens (tertiary/aromatic N) is 3. The lowest BCUT2D eigenvalue weighted by Crippen LogP contribution is -2.37. The van der Waals surface area contributed by atoms with E-state index < -0.39 is 0 Å². The van der Waals surface area contributed by atoms with Crippen LogP contribution in [-0.4, -0.2) is 45.7 Å². The van der Waals surface area contributed by atoms with E-state index in [0.29, 0.717) is 55.1 Å². The summed E-state index contributed by atoms with van der Waals surface area (Å²) in [7, 11) is 0. The van der Waals surface area contributed by atoms with Gasteiger partial charge in [-0.15, -0.1) is 5.10 Å². The van der Waals surface area contributed by atoms with Gasteiger partial charge in [0, 0.05) is 38.3 Å². The number of aryl methyl sites for hydroxylation is 1. The summed E-state index contributed by atoms with van der Waals surface area (Å²) in [6, 6.07) is 0. The van der Waals surface area contributed by atoms with E-state index in [1.165, 1.54) is 25.7 Å². The van der Waals surface area contributed by atoms with Gasteiger partial charge in [-0.3, -0.25) is 19.1 Å². The SMILES string of the molecule is CC(C)(C)CCCCCC(=O)C[C@@H](CCCCN)C(=O)NCC(C)(C)C.CC(C)(C)CCCCCC(=O)NCc1cn(CCCC(C)(C)C)nn1. The van der Waals surface area contributed by atoms with E-state index in [2.05, 4.69) is 104 Å². The van der Waals surface area contributed by atoms with Gasteiger partial charge in [0.15, 0.2) is 0 Å². The molecule has 0 bridgehead atoms. The number of ketones is 1. The molecule has 1 rings (SSSR count). The fourth-order valence-electron chi connectivity index (χ4n) is 5.58. The highest BCUT2D eigenvalue weighted by molar-refractivity contribution is 5.86. The number of amides is 2. The maximum absolute atomic E-state index is 12.5. The lowest BCUT2D eigenvalue weighted by molar-refractivity contribution is -0.130.